The zero-order chi connectivity index (χ0) is 15.4. The van der Waals surface area contributed by atoms with Gasteiger partial charge in [0.05, 0.1) is 18.6 Å². The van der Waals surface area contributed by atoms with E-state index in [0.29, 0.717) is 12.4 Å². The van der Waals surface area contributed by atoms with Gasteiger partial charge >= 0.3 is 0 Å². The van der Waals surface area contributed by atoms with Gasteiger partial charge in [0.15, 0.2) is 5.82 Å². The first-order valence-corrected chi connectivity index (χ1v) is 7.59. The van der Waals surface area contributed by atoms with Gasteiger partial charge in [-0.05, 0) is 31.9 Å². The molecule has 116 valence electrons. The zero-order valence-electron chi connectivity index (χ0n) is 12.6. The summed E-state index contributed by atoms with van der Waals surface area (Å²) in [6.07, 6.45) is 3.44. The second-order valence-corrected chi connectivity index (χ2v) is 5.50. The Bertz CT molecular complexity index is 626. The fourth-order valence-corrected chi connectivity index (χ4v) is 2.75. The molecule has 6 heteroatoms. The summed E-state index contributed by atoms with van der Waals surface area (Å²) < 4.78 is 7.42. The SMILES string of the molecule is CC1OCCCC1C(=O)NCc1nncn1-c1ccccc1. The third-order valence-corrected chi connectivity index (χ3v) is 4.02. The van der Waals surface area contributed by atoms with Crippen molar-refractivity contribution in [2.24, 2.45) is 5.92 Å². The summed E-state index contributed by atoms with van der Waals surface area (Å²) in [4.78, 5) is 12.3. The lowest BCUT2D eigenvalue weighted by Crippen LogP contribution is -2.40. The number of hydrogen-bond donors (Lipinski definition) is 1. The number of benzene rings is 1. The molecule has 1 fully saturated rings. The number of carbonyl (C=O) groups excluding carboxylic acids is 1. The fourth-order valence-electron chi connectivity index (χ4n) is 2.75. The van der Waals surface area contributed by atoms with E-state index < -0.39 is 0 Å². The average molecular weight is 300 g/mol. The molecule has 0 aliphatic carbocycles. The first-order chi connectivity index (χ1) is 10.8. The van der Waals surface area contributed by atoms with Gasteiger partial charge in [-0.25, -0.2) is 0 Å². The minimum atomic E-state index is -0.0816. The Morgan fingerprint density at radius 1 is 1.41 bits per heavy atom. The molecule has 6 nitrogen and oxygen atoms in total. The van der Waals surface area contributed by atoms with Gasteiger partial charge in [0.1, 0.15) is 6.33 Å². The van der Waals surface area contributed by atoms with Gasteiger partial charge in [0.25, 0.3) is 0 Å². The van der Waals surface area contributed by atoms with E-state index >= 15 is 0 Å². The Balaban J connectivity index is 1.65. The number of amides is 1. The quantitative estimate of drug-likeness (QED) is 0.933. The van der Waals surface area contributed by atoms with Crippen molar-refractivity contribution in [3.05, 3.63) is 42.5 Å². The summed E-state index contributed by atoms with van der Waals surface area (Å²) in [5.41, 5.74) is 0.978. The van der Waals surface area contributed by atoms with Crippen LogP contribution in [0.2, 0.25) is 0 Å². The van der Waals surface area contributed by atoms with Crippen LogP contribution in [0.1, 0.15) is 25.6 Å². The maximum Gasteiger partial charge on any atom is 0.226 e. The second-order valence-electron chi connectivity index (χ2n) is 5.50. The molecule has 1 aromatic carbocycles. The van der Waals surface area contributed by atoms with Crippen LogP contribution in [-0.4, -0.2) is 33.4 Å². The standard InChI is InChI=1S/C16H20N4O2/c1-12-14(8-5-9-22-12)16(21)17-10-15-19-18-11-20(15)13-6-3-2-4-7-13/h2-4,6-7,11-12,14H,5,8-10H2,1H3,(H,17,21). The van der Waals surface area contributed by atoms with Crippen LogP contribution in [0.4, 0.5) is 0 Å². The van der Waals surface area contributed by atoms with Crippen molar-refractivity contribution in [1.82, 2.24) is 20.1 Å². The van der Waals surface area contributed by atoms with Gasteiger partial charge in [-0.2, -0.15) is 0 Å². The van der Waals surface area contributed by atoms with Gasteiger partial charge in [0.2, 0.25) is 5.91 Å². The van der Waals surface area contributed by atoms with Crippen LogP contribution in [0.3, 0.4) is 0 Å². The van der Waals surface area contributed by atoms with E-state index in [2.05, 4.69) is 15.5 Å². The highest BCUT2D eigenvalue weighted by Gasteiger charge is 2.28. The van der Waals surface area contributed by atoms with Crippen molar-refractivity contribution in [3.63, 3.8) is 0 Å². The van der Waals surface area contributed by atoms with Crippen LogP contribution >= 0.6 is 0 Å². The highest BCUT2D eigenvalue weighted by molar-refractivity contribution is 5.79. The molecule has 1 aromatic heterocycles. The molecule has 2 unspecified atom stereocenters. The number of ether oxygens (including phenoxy) is 1. The Kier molecular flexibility index (Phi) is 4.48. The van der Waals surface area contributed by atoms with Crippen LogP contribution in [0, 0.1) is 5.92 Å². The van der Waals surface area contributed by atoms with Crippen molar-refractivity contribution < 1.29 is 9.53 Å². The van der Waals surface area contributed by atoms with E-state index in [1.807, 2.05) is 41.8 Å². The van der Waals surface area contributed by atoms with Crippen LogP contribution in [0.5, 0.6) is 0 Å². The number of aromatic nitrogens is 3. The van der Waals surface area contributed by atoms with Crippen molar-refractivity contribution >= 4 is 5.91 Å². The number of hydrogen-bond acceptors (Lipinski definition) is 4. The number of nitrogens with one attached hydrogen (secondary N) is 1. The summed E-state index contributed by atoms with van der Waals surface area (Å²) in [7, 11) is 0. The van der Waals surface area contributed by atoms with Gasteiger partial charge in [-0.15, -0.1) is 10.2 Å². The minimum absolute atomic E-state index is 0.0230. The molecular formula is C16H20N4O2. The summed E-state index contributed by atoms with van der Waals surface area (Å²) in [5.74, 6) is 0.653. The molecule has 3 rings (SSSR count). The molecule has 2 heterocycles. The lowest BCUT2D eigenvalue weighted by molar-refractivity contribution is -0.133. The molecule has 2 aromatic rings. The largest absolute Gasteiger partial charge is 0.378 e. The molecule has 0 radical (unpaired) electrons. The monoisotopic (exact) mass is 300 g/mol. The molecule has 0 bridgehead atoms. The molecule has 1 N–H and O–H groups in total. The number of rotatable bonds is 4. The van der Waals surface area contributed by atoms with E-state index in [9.17, 15) is 4.79 Å². The Morgan fingerprint density at radius 3 is 3.00 bits per heavy atom. The summed E-state index contributed by atoms with van der Waals surface area (Å²) in [6, 6.07) is 9.83. The van der Waals surface area contributed by atoms with Gasteiger partial charge < -0.3 is 10.1 Å². The fraction of sp³-hybridized carbons (Fsp3) is 0.438. The normalized spacial score (nSPS) is 21.5. The van der Waals surface area contributed by atoms with E-state index in [0.717, 1.165) is 25.1 Å². The number of carbonyl (C=O) groups is 1. The zero-order valence-corrected chi connectivity index (χ0v) is 12.6. The van der Waals surface area contributed by atoms with Crippen LogP contribution in [-0.2, 0) is 16.1 Å². The van der Waals surface area contributed by atoms with Crippen LogP contribution in [0.15, 0.2) is 36.7 Å². The molecular weight excluding hydrogens is 280 g/mol. The molecule has 22 heavy (non-hydrogen) atoms. The highest BCUT2D eigenvalue weighted by Crippen LogP contribution is 2.20. The smallest absolute Gasteiger partial charge is 0.226 e. The van der Waals surface area contributed by atoms with Crippen molar-refractivity contribution in [3.8, 4) is 5.69 Å². The number of nitrogens with zero attached hydrogens (tertiary/aromatic N) is 3. The Morgan fingerprint density at radius 2 is 2.23 bits per heavy atom. The molecule has 1 aliphatic rings. The molecule has 1 aliphatic heterocycles. The lowest BCUT2D eigenvalue weighted by atomic mass is 9.94. The first kappa shape index (κ1) is 14.7. The predicted octanol–water partition coefficient (Wildman–Crippen LogP) is 1.70. The third-order valence-electron chi connectivity index (χ3n) is 4.02. The first-order valence-electron chi connectivity index (χ1n) is 7.59. The maximum absolute atomic E-state index is 12.3. The van der Waals surface area contributed by atoms with E-state index in [4.69, 9.17) is 4.74 Å². The maximum atomic E-state index is 12.3. The molecule has 2 atom stereocenters. The number of para-hydroxylation sites is 1. The van der Waals surface area contributed by atoms with Crippen molar-refractivity contribution in [2.45, 2.75) is 32.4 Å². The predicted molar refractivity (Wildman–Crippen MR) is 81.3 cm³/mol. The minimum Gasteiger partial charge on any atom is -0.378 e. The molecule has 0 spiro atoms. The average Bonchev–Trinajstić information content (AvgIpc) is 3.02. The van der Waals surface area contributed by atoms with E-state index in [-0.39, 0.29) is 17.9 Å². The van der Waals surface area contributed by atoms with Gasteiger partial charge in [0, 0.05) is 12.3 Å². The second kappa shape index (κ2) is 6.70. The molecule has 1 saturated heterocycles. The van der Waals surface area contributed by atoms with E-state index in [1.54, 1.807) is 6.33 Å². The highest BCUT2D eigenvalue weighted by atomic mass is 16.5. The summed E-state index contributed by atoms with van der Waals surface area (Å²) in [5, 5.41) is 11.0. The van der Waals surface area contributed by atoms with Gasteiger partial charge in [-0.3, -0.25) is 9.36 Å². The molecule has 1 amide bonds. The van der Waals surface area contributed by atoms with Crippen molar-refractivity contribution in [2.75, 3.05) is 6.61 Å². The van der Waals surface area contributed by atoms with E-state index in [1.165, 1.54) is 0 Å². The van der Waals surface area contributed by atoms with Crippen LogP contribution in [0.25, 0.3) is 5.69 Å². The Hall–Kier alpha value is -2.21. The topological polar surface area (TPSA) is 69.0 Å². The van der Waals surface area contributed by atoms with Crippen LogP contribution < -0.4 is 5.32 Å². The summed E-state index contributed by atoms with van der Waals surface area (Å²) >= 11 is 0. The summed E-state index contributed by atoms with van der Waals surface area (Å²) in [6.45, 7) is 3.06. The lowest BCUT2D eigenvalue weighted by Gasteiger charge is -2.27. The Labute approximate surface area is 129 Å². The third kappa shape index (κ3) is 3.17. The van der Waals surface area contributed by atoms with Gasteiger partial charge in [-0.1, -0.05) is 18.2 Å². The molecule has 0 saturated carbocycles. The van der Waals surface area contributed by atoms with Crippen molar-refractivity contribution in [1.29, 1.82) is 0 Å².